The Morgan fingerprint density at radius 2 is 2.10 bits per heavy atom. The van der Waals surface area contributed by atoms with Gasteiger partial charge in [-0.25, -0.2) is 4.79 Å². The van der Waals surface area contributed by atoms with Gasteiger partial charge in [0.25, 0.3) is 0 Å². The molecule has 1 aliphatic rings. The molecule has 2 unspecified atom stereocenters. The number of hydrogen-bond donors (Lipinski definition) is 3. The minimum absolute atomic E-state index is 0.126. The van der Waals surface area contributed by atoms with E-state index in [1.165, 1.54) is 19.3 Å². The van der Waals surface area contributed by atoms with Crippen LogP contribution in [0.15, 0.2) is 0 Å². The number of nitrogens with one attached hydrogen (secondary N) is 3. The van der Waals surface area contributed by atoms with E-state index >= 15 is 0 Å². The summed E-state index contributed by atoms with van der Waals surface area (Å²) in [4.78, 5) is 11.6. The van der Waals surface area contributed by atoms with E-state index < -0.39 is 5.60 Å². The Morgan fingerprint density at radius 3 is 2.80 bits per heavy atom. The van der Waals surface area contributed by atoms with Gasteiger partial charge >= 0.3 is 6.09 Å². The Bertz CT molecular complexity index is 281. The molecular weight excluding hydrogens is 254 g/mol. The molecule has 5 nitrogen and oxygen atoms in total. The zero-order valence-corrected chi connectivity index (χ0v) is 13.4. The molecular formula is C15H31N3O2. The van der Waals surface area contributed by atoms with Crippen molar-refractivity contribution in [2.45, 2.75) is 71.1 Å². The van der Waals surface area contributed by atoms with Crippen LogP contribution in [0.5, 0.6) is 0 Å². The SMILES string of the molecule is CC(CCNC1CCCNCC1)NC(=O)OC(C)(C)C. The predicted octanol–water partition coefficient (Wildman–Crippen LogP) is 2.02. The maximum atomic E-state index is 11.6. The molecule has 1 aliphatic heterocycles. The van der Waals surface area contributed by atoms with Crippen molar-refractivity contribution in [3.8, 4) is 0 Å². The van der Waals surface area contributed by atoms with E-state index in [-0.39, 0.29) is 12.1 Å². The fraction of sp³-hybridized carbons (Fsp3) is 0.933. The van der Waals surface area contributed by atoms with Crippen molar-refractivity contribution in [3.05, 3.63) is 0 Å². The van der Waals surface area contributed by atoms with Crippen LogP contribution in [0.2, 0.25) is 0 Å². The van der Waals surface area contributed by atoms with E-state index in [4.69, 9.17) is 4.74 Å². The molecule has 1 saturated heterocycles. The maximum Gasteiger partial charge on any atom is 0.407 e. The topological polar surface area (TPSA) is 62.4 Å². The molecule has 0 aromatic carbocycles. The second kappa shape index (κ2) is 8.47. The Labute approximate surface area is 123 Å². The van der Waals surface area contributed by atoms with Crippen LogP contribution in [0.25, 0.3) is 0 Å². The molecule has 0 spiro atoms. The first-order valence-electron chi connectivity index (χ1n) is 7.80. The number of carbonyl (C=O) groups excluding carboxylic acids is 1. The van der Waals surface area contributed by atoms with Crippen LogP contribution in [-0.2, 0) is 4.74 Å². The molecule has 1 amide bonds. The molecule has 1 fully saturated rings. The van der Waals surface area contributed by atoms with Gasteiger partial charge in [-0.3, -0.25) is 0 Å². The Morgan fingerprint density at radius 1 is 1.35 bits per heavy atom. The minimum atomic E-state index is -0.435. The van der Waals surface area contributed by atoms with Crippen molar-refractivity contribution in [2.24, 2.45) is 0 Å². The van der Waals surface area contributed by atoms with Crippen LogP contribution in [-0.4, -0.2) is 43.4 Å². The summed E-state index contributed by atoms with van der Waals surface area (Å²) in [5, 5.41) is 9.87. The predicted molar refractivity (Wildman–Crippen MR) is 82.0 cm³/mol. The largest absolute Gasteiger partial charge is 0.444 e. The van der Waals surface area contributed by atoms with Gasteiger partial charge in [0.1, 0.15) is 5.60 Å². The van der Waals surface area contributed by atoms with Crippen LogP contribution >= 0.6 is 0 Å². The second-order valence-corrected chi connectivity index (χ2v) is 6.67. The van der Waals surface area contributed by atoms with Gasteiger partial charge in [-0.05, 0) is 73.0 Å². The Hall–Kier alpha value is -0.810. The Kier molecular flexibility index (Phi) is 7.30. The number of carbonyl (C=O) groups is 1. The number of amides is 1. The van der Waals surface area contributed by atoms with Crippen molar-refractivity contribution in [2.75, 3.05) is 19.6 Å². The first kappa shape index (κ1) is 17.2. The van der Waals surface area contributed by atoms with Crippen molar-refractivity contribution < 1.29 is 9.53 Å². The van der Waals surface area contributed by atoms with Crippen molar-refractivity contribution in [1.29, 1.82) is 0 Å². The van der Waals surface area contributed by atoms with E-state index in [0.717, 1.165) is 26.1 Å². The van der Waals surface area contributed by atoms with Crippen LogP contribution in [0, 0.1) is 0 Å². The molecule has 0 bridgehead atoms. The minimum Gasteiger partial charge on any atom is -0.444 e. The highest BCUT2D eigenvalue weighted by Crippen LogP contribution is 2.07. The van der Waals surface area contributed by atoms with Gasteiger partial charge in [-0.15, -0.1) is 0 Å². The normalized spacial score (nSPS) is 21.9. The van der Waals surface area contributed by atoms with Gasteiger partial charge in [0.2, 0.25) is 0 Å². The van der Waals surface area contributed by atoms with Gasteiger partial charge < -0.3 is 20.7 Å². The summed E-state index contributed by atoms with van der Waals surface area (Å²) < 4.78 is 5.24. The third-order valence-corrected chi connectivity index (χ3v) is 3.35. The molecule has 0 aromatic heterocycles. The van der Waals surface area contributed by atoms with E-state index in [9.17, 15) is 4.79 Å². The first-order valence-corrected chi connectivity index (χ1v) is 7.80. The molecule has 0 aliphatic carbocycles. The summed E-state index contributed by atoms with van der Waals surface area (Å²) in [6.07, 6.45) is 4.25. The van der Waals surface area contributed by atoms with E-state index in [1.807, 2.05) is 27.7 Å². The van der Waals surface area contributed by atoms with Crippen LogP contribution < -0.4 is 16.0 Å². The van der Waals surface area contributed by atoms with Crippen LogP contribution in [0.4, 0.5) is 4.79 Å². The molecule has 20 heavy (non-hydrogen) atoms. The van der Waals surface area contributed by atoms with Crippen molar-refractivity contribution in [3.63, 3.8) is 0 Å². The standard InChI is InChI=1S/C15H31N3O2/c1-12(18-14(19)20-15(2,3)4)7-11-17-13-6-5-9-16-10-8-13/h12-13,16-17H,5-11H2,1-4H3,(H,18,19). The van der Waals surface area contributed by atoms with Gasteiger partial charge in [0, 0.05) is 12.1 Å². The summed E-state index contributed by atoms with van der Waals surface area (Å²) in [6, 6.07) is 0.736. The summed E-state index contributed by atoms with van der Waals surface area (Å²) in [6.45, 7) is 10.8. The molecule has 3 N–H and O–H groups in total. The molecule has 0 aromatic rings. The lowest BCUT2D eigenvalue weighted by Crippen LogP contribution is -2.40. The molecule has 2 atom stereocenters. The zero-order chi connectivity index (χ0) is 15.0. The van der Waals surface area contributed by atoms with Crippen LogP contribution in [0.1, 0.15) is 53.4 Å². The van der Waals surface area contributed by atoms with Crippen molar-refractivity contribution >= 4 is 6.09 Å². The van der Waals surface area contributed by atoms with Gasteiger partial charge in [0.15, 0.2) is 0 Å². The highest BCUT2D eigenvalue weighted by atomic mass is 16.6. The highest BCUT2D eigenvalue weighted by molar-refractivity contribution is 5.67. The summed E-state index contributed by atoms with van der Waals surface area (Å²) in [7, 11) is 0. The number of rotatable bonds is 5. The third kappa shape index (κ3) is 8.38. The lowest BCUT2D eigenvalue weighted by molar-refractivity contribution is 0.0506. The van der Waals surface area contributed by atoms with E-state index in [0.29, 0.717) is 6.04 Å². The van der Waals surface area contributed by atoms with E-state index in [1.54, 1.807) is 0 Å². The van der Waals surface area contributed by atoms with Gasteiger partial charge in [0.05, 0.1) is 0 Å². The average Bonchev–Trinajstić information content (AvgIpc) is 2.54. The summed E-state index contributed by atoms with van der Waals surface area (Å²) in [5.41, 5.74) is -0.435. The molecule has 5 heteroatoms. The van der Waals surface area contributed by atoms with Crippen molar-refractivity contribution in [1.82, 2.24) is 16.0 Å². The molecule has 1 heterocycles. The molecule has 0 saturated carbocycles. The van der Waals surface area contributed by atoms with Gasteiger partial charge in [-0.1, -0.05) is 0 Å². The third-order valence-electron chi connectivity index (χ3n) is 3.35. The smallest absolute Gasteiger partial charge is 0.407 e. The first-order chi connectivity index (χ1) is 9.37. The lowest BCUT2D eigenvalue weighted by atomic mass is 10.1. The number of alkyl carbamates (subject to hydrolysis) is 1. The summed E-state index contributed by atoms with van der Waals surface area (Å²) >= 11 is 0. The van der Waals surface area contributed by atoms with Gasteiger partial charge in [-0.2, -0.15) is 0 Å². The number of hydrogen-bond acceptors (Lipinski definition) is 4. The summed E-state index contributed by atoms with van der Waals surface area (Å²) in [5.74, 6) is 0. The fourth-order valence-corrected chi connectivity index (χ4v) is 2.31. The zero-order valence-electron chi connectivity index (χ0n) is 13.4. The lowest BCUT2D eigenvalue weighted by Gasteiger charge is -2.22. The maximum absolute atomic E-state index is 11.6. The molecule has 1 rings (SSSR count). The van der Waals surface area contributed by atoms with E-state index in [2.05, 4.69) is 16.0 Å². The highest BCUT2D eigenvalue weighted by Gasteiger charge is 2.17. The molecule has 0 radical (unpaired) electrons. The Balaban J connectivity index is 2.13. The monoisotopic (exact) mass is 285 g/mol. The quantitative estimate of drug-likeness (QED) is 0.723. The second-order valence-electron chi connectivity index (χ2n) is 6.67. The number of ether oxygens (including phenoxy) is 1. The average molecular weight is 285 g/mol. The molecule has 118 valence electrons. The fourth-order valence-electron chi connectivity index (χ4n) is 2.31. The van der Waals surface area contributed by atoms with Crippen LogP contribution in [0.3, 0.4) is 0 Å².